The van der Waals surface area contributed by atoms with Crippen LogP contribution in [-0.2, 0) is 13.0 Å². The number of thiophene rings is 1. The number of hydrogen-bond donors (Lipinski definition) is 2. The van der Waals surface area contributed by atoms with Crippen LogP contribution in [0.15, 0.2) is 23.7 Å². The van der Waals surface area contributed by atoms with Crippen LogP contribution in [0.2, 0.25) is 0 Å². The van der Waals surface area contributed by atoms with Crippen molar-refractivity contribution in [2.45, 2.75) is 25.9 Å². The normalized spacial score (nSPS) is 12.1. The van der Waals surface area contributed by atoms with E-state index in [-0.39, 0.29) is 12.4 Å². The van der Waals surface area contributed by atoms with Gasteiger partial charge in [0.15, 0.2) is 5.13 Å². The molecular weight excluding hydrogens is 274 g/mol. The molecule has 0 fully saturated rings. The van der Waals surface area contributed by atoms with Crippen LogP contribution in [0.25, 0.3) is 0 Å². The van der Waals surface area contributed by atoms with Crippen molar-refractivity contribution in [3.05, 3.63) is 33.5 Å². The summed E-state index contributed by atoms with van der Waals surface area (Å²) in [4.78, 5) is 6.64. The van der Waals surface area contributed by atoms with E-state index in [1.807, 2.05) is 17.5 Å². The Morgan fingerprint density at radius 3 is 2.88 bits per heavy atom. The van der Waals surface area contributed by atoms with Crippen molar-refractivity contribution in [2.24, 2.45) is 0 Å². The van der Waals surface area contributed by atoms with Gasteiger partial charge in [0.2, 0.25) is 0 Å². The number of aromatic nitrogens is 1. The van der Waals surface area contributed by atoms with E-state index in [1.54, 1.807) is 11.3 Å². The van der Waals surface area contributed by atoms with Crippen LogP contribution in [0.3, 0.4) is 0 Å². The molecule has 2 rings (SSSR count). The molecule has 0 aromatic carbocycles. The topological polar surface area (TPSA) is 50.9 Å². The Kier molecular flexibility index (Phi) is 5.91. The molecule has 2 aromatic heterocycles. The summed E-state index contributed by atoms with van der Waals surface area (Å²) >= 11 is 3.35. The molecule has 2 heterocycles. The summed E-state index contributed by atoms with van der Waals surface area (Å²) in [6.07, 6.45) is 2.91. The summed E-state index contributed by atoms with van der Waals surface area (Å²) in [7, 11) is 0. The molecule has 1 unspecified atom stereocenters. The molecule has 94 valence electrons. The molecule has 0 amide bonds. The fourth-order valence-electron chi connectivity index (χ4n) is 1.48. The van der Waals surface area contributed by atoms with E-state index in [4.69, 9.17) is 5.73 Å². The third kappa shape index (κ3) is 4.63. The van der Waals surface area contributed by atoms with Crippen molar-refractivity contribution in [2.75, 3.05) is 5.73 Å². The van der Waals surface area contributed by atoms with Crippen molar-refractivity contribution in [3.63, 3.8) is 0 Å². The van der Waals surface area contributed by atoms with Gasteiger partial charge in [0, 0.05) is 28.5 Å². The van der Waals surface area contributed by atoms with Gasteiger partial charge in [-0.25, -0.2) is 4.98 Å². The average Bonchev–Trinajstić information content (AvgIpc) is 2.87. The van der Waals surface area contributed by atoms with E-state index in [2.05, 4.69) is 34.7 Å². The molecule has 0 saturated heterocycles. The molecule has 0 radical (unpaired) electrons. The fourth-order valence-corrected chi connectivity index (χ4v) is 2.95. The van der Waals surface area contributed by atoms with Gasteiger partial charge in [-0.3, -0.25) is 0 Å². The summed E-state index contributed by atoms with van der Waals surface area (Å²) in [5.74, 6) is 0. The van der Waals surface area contributed by atoms with Crippen LogP contribution in [-0.4, -0.2) is 11.0 Å². The number of nitrogens with one attached hydrogen (secondary N) is 1. The molecule has 0 aliphatic rings. The molecule has 1 atom stereocenters. The summed E-state index contributed by atoms with van der Waals surface area (Å²) < 4.78 is 0. The second-order valence-corrected chi connectivity index (χ2v) is 5.91. The van der Waals surface area contributed by atoms with Gasteiger partial charge < -0.3 is 11.1 Å². The largest absolute Gasteiger partial charge is 0.375 e. The van der Waals surface area contributed by atoms with Crippen LogP contribution >= 0.6 is 35.1 Å². The summed E-state index contributed by atoms with van der Waals surface area (Å²) in [6.45, 7) is 3.05. The van der Waals surface area contributed by atoms with Crippen molar-refractivity contribution in [1.29, 1.82) is 0 Å². The first kappa shape index (κ1) is 14.4. The lowest BCUT2D eigenvalue weighted by Crippen LogP contribution is -2.26. The Labute approximate surface area is 115 Å². The van der Waals surface area contributed by atoms with Crippen LogP contribution in [0.4, 0.5) is 5.13 Å². The van der Waals surface area contributed by atoms with E-state index in [0.717, 1.165) is 13.0 Å². The number of thiazole rings is 1. The minimum Gasteiger partial charge on any atom is -0.375 e. The fraction of sp³-hybridized carbons (Fsp3) is 0.364. The van der Waals surface area contributed by atoms with Gasteiger partial charge in [0.1, 0.15) is 0 Å². The lowest BCUT2D eigenvalue weighted by Gasteiger charge is -2.11. The predicted octanol–water partition coefficient (Wildman–Crippen LogP) is 2.93. The van der Waals surface area contributed by atoms with E-state index in [1.165, 1.54) is 9.75 Å². The van der Waals surface area contributed by atoms with E-state index in [0.29, 0.717) is 11.2 Å². The first-order valence-corrected chi connectivity index (χ1v) is 6.89. The number of hydrogen-bond acceptors (Lipinski definition) is 5. The minimum atomic E-state index is 0. The minimum absolute atomic E-state index is 0. The Morgan fingerprint density at radius 2 is 2.29 bits per heavy atom. The van der Waals surface area contributed by atoms with Crippen molar-refractivity contribution < 1.29 is 0 Å². The lowest BCUT2D eigenvalue weighted by atomic mass is 10.2. The Bertz CT molecular complexity index is 428. The molecule has 17 heavy (non-hydrogen) atoms. The maximum absolute atomic E-state index is 5.58. The number of halogens is 1. The molecule has 0 aliphatic heterocycles. The summed E-state index contributed by atoms with van der Waals surface area (Å²) in [5.41, 5.74) is 5.58. The smallest absolute Gasteiger partial charge is 0.180 e. The highest BCUT2D eigenvalue weighted by Crippen LogP contribution is 2.15. The maximum Gasteiger partial charge on any atom is 0.180 e. The zero-order valence-corrected chi connectivity index (χ0v) is 12.0. The van der Waals surface area contributed by atoms with E-state index in [9.17, 15) is 0 Å². The highest BCUT2D eigenvalue weighted by molar-refractivity contribution is 7.15. The molecule has 3 N–H and O–H groups in total. The number of nitrogens with two attached hydrogens (primary N) is 1. The third-order valence-electron chi connectivity index (χ3n) is 2.28. The monoisotopic (exact) mass is 289 g/mol. The zero-order chi connectivity index (χ0) is 11.4. The molecule has 6 heteroatoms. The van der Waals surface area contributed by atoms with E-state index < -0.39 is 0 Å². The molecule has 3 nitrogen and oxygen atoms in total. The molecule has 0 bridgehead atoms. The van der Waals surface area contributed by atoms with Crippen LogP contribution in [0.5, 0.6) is 0 Å². The van der Waals surface area contributed by atoms with E-state index >= 15 is 0 Å². The number of nitrogens with zero attached hydrogens (tertiary/aromatic N) is 1. The SMILES string of the molecule is CC(Cc1cccs1)NCc1cnc(N)s1.Cl. The Hall–Kier alpha value is -0.620. The Balaban J connectivity index is 0.00000144. The van der Waals surface area contributed by atoms with Gasteiger partial charge in [-0.2, -0.15) is 0 Å². The van der Waals surface area contributed by atoms with Crippen LogP contribution in [0, 0.1) is 0 Å². The third-order valence-corrected chi connectivity index (χ3v) is 4.01. The molecule has 2 aromatic rings. The first-order chi connectivity index (χ1) is 7.74. The van der Waals surface area contributed by atoms with Crippen molar-refractivity contribution >= 4 is 40.2 Å². The standard InChI is InChI=1S/C11H15N3S2.ClH/c1-8(5-9-3-2-4-15-9)13-6-10-7-14-11(12)16-10;/h2-4,7-8,13H,5-6H2,1H3,(H2,12,14);1H. The van der Waals surface area contributed by atoms with Gasteiger partial charge >= 0.3 is 0 Å². The highest BCUT2D eigenvalue weighted by atomic mass is 35.5. The van der Waals surface area contributed by atoms with Gasteiger partial charge in [-0.1, -0.05) is 6.07 Å². The van der Waals surface area contributed by atoms with Gasteiger partial charge in [-0.15, -0.1) is 35.1 Å². The zero-order valence-electron chi connectivity index (χ0n) is 9.55. The van der Waals surface area contributed by atoms with Crippen molar-refractivity contribution in [1.82, 2.24) is 10.3 Å². The van der Waals surface area contributed by atoms with Gasteiger partial charge in [-0.05, 0) is 24.8 Å². The van der Waals surface area contributed by atoms with Crippen LogP contribution in [0.1, 0.15) is 16.7 Å². The number of nitrogen functional groups attached to an aromatic ring is 1. The predicted molar refractivity (Wildman–Crippen MR) is 78.1 cm³/mol. The molecule has 0 aliphatic carbocycles. The Morgan fingerprint density at radius 1 is 1.47 bits per heavy atom. The molecular formula is C11H16ClN3S2. The summed E-state index contributed by atoms with van der Waals surface area (Å²) in [5, 5.41) is 6.23. The molecule has 0 saturated carbocycles. The quantitative estimate of drug-likeness (QED) is 0.890. The number of rotatable bonds is 5. The maximum atomic E-state index is 5.58. The van der Waals surface area contributed by atoms with Gasteiger partial charge in [0.05, 0.1) is 0 Å². The highest BCUT2D eigenvalue weighted by Gasteiger charge is 2.05. The van der Waals surface area contributed by atoms with Crippen LogP contribution < -0.4 is 11.1 Å². The molecule has 0 spiro atoms. The van der Waals surface area contributed by atoms with Gasteiger partial charge in [0.25, 0.3) is 0 Å². The second-order valence-electron chi connectivity index (χ2n) is 3.73. The number of anilines is 1. The average molecular weight is 290 g/mol. The second kappa shape index (κ2) is 6.96. The summed E-state index contributed by atoms with van der Waals surface area (Å²) in [6, 6.07) is 4.74. The first-order valence-electron chi connectivity index (χ1n) is 5.20. The van der Waals surface area contributed by atoms with Crippen molar-refractivity contribution in [3.8, 4) is 0 Å². The lowest BCUT2D eigenvalue weighted by molar-refractivity contribution is 0.552.